The molecule has 0 radical (unpaired) electrons. The maximum atomic E-state index is 14.2. The highest BCUT2D eigenvalue weighted by Gasteiger charge is 2.44. The Kier molecular flexibility index (Phi) is 14.6. The Morgan fingerprint density at radius 1 is 0.609 bits per heavy atom. The van der Waals surface area contributed by atoms with Crippen LogP contribution in [0.4, 0.5) is 9.59 Å². The van der Waals surface area contributed by atoms with E-state index in [9.17, 15) is 29.4 Å². The zero-order valence-electron chi connectivity index (χ0n) is 39.3. The summed E-state index contributed by atoms with van der Waals surface area (Å²) in [6, 6.07) is 14.2. The first-order chi connectivity index (χ1) is 30.1. The van der Waals surface area contributed by atoms with Crippen molar-refractivity contribution in [2.45, 2.75) is 115 Å². The molecule has 0 bridgehead atoms. The number of aromatic amines is 2. The fourth-order valence-corrected chi connectivity index (χ4v) is 9.26. The Labute approximate surface area is 377 Å². The second kappa shape index (κ2) is 19.6. The largest absolute Gasteiger partial charge is 0.465 e. The van der Waals surface area contributed by atoms with Crippen LogP contribution in [-0.4, -0.2) is 161 Å². The topological polar surface area (TPSA) is 186 Å². The molecule has 346 valence electrons. The van der Waals surface area contributed by atoms with Gasteiger partial charge in [0.2, 0.25) is 11.8 Å². The summed E-state index contributed by atoms with van der Waals surface area (Å²) in [4.78, 5) is 80.0. The summed E-state index contributed by atoms with van der Waals surface area (Å²) in [5.74, 6) is 0.991. The van der Waals surface area contributed by atoms with Crippen LogP contribution >= 0.6 is 0 Å². The van der Waals surface area contributed by atoms with Crippen LogP contribution in [0.2, 0.25) is 0 Å². The number of amides is 4. The van der Waals surface area contributed by atoms with Gasteiger partial charge in [-0.15, -0.1) is 0 Å². The van der Waals surface area contributed by atoms with Gasteiger partial charge in [-0.05, 0) is 131 Å². The SMILES string of the molecule is CN(C)CC[C@@H](C(=O)N1CCC[C@H]1c1ncc(-c2ccc(-c3ccc(-c4cnc([C@@H]5CCCN5C(=O)[C@H](CCN(C)C)N(C(=O)O)C(C)(C)C)[nH]4)cc3)cc2)[nH]1)N(C(=O)O)C(C)(C)C. The summed E-state index contributed by atoms with van der Waals surface area (Å²) in [5.41, 5.74) is 4.11. The number of carbonyl (C=O) groups excluding carboxylic acids is 2. The minimum Gasteiger partial charge on any atom is -0.465 e. The van der Waals surface area contributed by atoms with Crippen molar-refractivity contribution >= 4 is 24.0 Å². The number of rotatable bonds is 15. The molecule has 0 unspecified atom stereocenters. The third-order valence-electron chi connectivity index (χ3n) is 12.4. The molecule has 0 aliphatic carbocycles. The van der Waals surface area contributed by atoms with Gasteiger partial charge in [0.05, 0.1) is 35.9 Å². The quantitative estimate of drug-likeness (QED) is 0.0924. The number of nitrogens with one attached hydrogen (secondary N) is 2. The molecule has 4 amide bonds. The minimum absolute atomic E-state index is 0.193. The van der Waals surface area contributed by atoms with E-state index in [4.69, 9.17) is 9.97 Å². The zero-order chi connectivity index (χ0) is 46.7. The van der Waals surface area contributed by atoms with Crippen LogP contribution in [0.3, 0.4) is 0 Å². The number of carbonyl (C=O) groups is 4. The summed E-state index contributed by atoms with van der Waals surface area (Å²) in [7, 11) is 7.68. The average molecular weight is 881 g/mol. The number of aromatic nitrogens is 4. The zero-order valence-corrected chi connectivity index (χ0v) is 39.3. The molecule has 2 aromatic carbocycles. The van der Waals surface area contributed by atoms with Crippen molar-refractivity contribution in [1.29, 1.82) is 0 Å². The maximum Gasteiger partial charge on any atom is 0.408 e. The first-order valence-corrected chi connectivity index (χ1v) is 22.4. The average Bonchev–Trinajstić information content (AvgIpc) is 4.06. The Morgan fingerprint density at radius 3 is 1.23 bits per heavy atom. The lowest BCUT2D eigenvalue weighted by Gasteiger charge is -2.41. The van der Waals surface area contributed by atoms with E-state index in [0.29, 0.717) is 50.7 Å². The lowest BCUT2D eigenvalue weighted by molar-refractivity contribution is -0.140. The summed E-state index contributed by atoms with van der Waals surface area (Å²) in [5, 5.41) is 20.5. The van der Waals surface area contributed by atoms with E-state index in [1.165, 1.54) is 9.80 Å². The van der Waals surface area contributed by atoms with Gasteiger partial charge in [0.25, 0.3) is 0 Å². The molecule has 4 N–H and O–H groups in total. The molecule has 2 aliphatic heterocycles. The molecule has 4 aromatic rings. The van der Waals surface area contributed by atoms with Crippen LogP contribution in [0.25, 0.3) is 33.6 Å². The predicted molar refractivity (Wildman–Crippen MR) is 248 cm³/mol. The van der Waals surface area contributed by atoms with Gasteiger partial charge in [0.15, 0.2) is 0 Å². The fraction of sp³-hybridized carbons (Fsp3) is 0.542. The first-order valence-electron chi connectivity index (χ1n) is 22.4. The molecule has 0 saturated carbocycles. The Bertz CT molecular complexity index is 2080. The van der Waals surface area contributed by atoms with Crippen molar-refractivity contribution in [1.82, 2.24) is 49.3 Å². The van der Waals surface area contributed by atoms with Gasteiger partial charge in [-0.2, -0.15) is 0 Å². The van der Waals surface area contributed by atoms with Crippen LogP contribution in [-0.2, 0) is 9.59 Å². The van der Waals surface area contributed by atoms with Gasteiger partial charge in [0, 0.05) is 37.3 Å². The molecular weight excluding hydrogens is 813 g/mol. The van der Waals surface area contributed by atoms with Gasteiger partial charge in [-0.25, -0.2) is 19.6 Å². The van der Waals surface area contributed by atoms with E-state index in [0.717, 1.165) is 59.3 Å². The molecule has 16 heteroatoms. The van der Waals surface area contributed by atoms with E-state index >= 15 is 0 Å². The van der Waals surface area contributed by atoms with Gasteiger partial charge >= 0.3 is 12.2 Å². The second-order valence-electron chi connectivity index (χ2n) is 19.8. The van der Waals surface area contributed by atoms with Gasteiger partial charge in [-0.3, -0.25) is 19.4 Å². The molecule has 6 rings (SSSR count). The molecule has 16 nitrogen and oxygen atoms in total. The maximum absolute atomic E-state index is 14.2. The smallest absolute Gasteiger partial charge is 0.408 e. The van der Waals surface area contributed by atoms with Crippen molar-refractivity contribution in [3.05, 3.63) is 72.6 Å². The number of imidazole rings is 2. The number of benzene rings is 2. The number of likely N-dealkylation sites (tertiary alicyclic amines) is 2. The highest BCUT2D eigenvalue weighted by atomic mass is 16.4. The van der Waals surface area contributed by atoms with Crippen molar-refractivity contribution in [3.63, 3.8) is 0 Å². The summed E-state index contributed by atoms with van der Waals surface area (Å²) in [6.07, 6.45) is 5.22. The number of carboxylic acid groups (broad SMARTS) is 2. The van der Waals surface area contributed by atoms with Crippen molar-refractivity contribution in [2.75, 3.05) is 54.4 Å². The lowest BCUT2D eigenvalue weighted by atomic mass is 10.00. The van der Waals surface area contributed by atoms with Crippen LogP contribution in [0.1, 0.15) is 104 Å². The van der Waals surface area contributed by atoms with Gasteiger partial charge in [-0.1, -0.05) is 48.5 Å². The molecule has 2 aliphatic rings. The molecule has 4 heterocycles. The van der Waals surface area contributed by atoms with Gasteiger partial charge in [0.1, 0.15) is 23.7 Å². The predicted octanol–water partition coefficient (Wildman–Crippen LogP) is 7.66. The standard InChI is InChI=1S/C48H68N10O6/c1-47(2,3)57(45(61)62)39(23-27-53(7)8)43(59)55-25-11-13-37(55)41-49-29-35(51-41)33-19-15-31(16-20-33)32-17-21-34(22-18-32)36-30-50-42(52-36)38-14-12-26-56(38)44(60)40(24-28-54(9)10)58(46(63)64)48(4,5)6/h15-22,29-30,37-40H,11-14,23-28H2,1-10H3,(H,49,51)(H,50,52)(H,61,62)(H,63,64)/t37-,38-,39-,40-/m0/s1. The second-order valence-corrected chi connectivity index (χ2v) is 19.8. The monoisotopic (exact) mass is 881 g/mol. The van der Waals surface area contributed by atoms with Crippen molar-refractivity contribution in [2.24, 2.45) is 0 Å². The summed E-state index contributed by atoms with van der Waals surface area (Å²) in [6.45, 7) is 13.2. The number of hydrogen-bond donors (Lipinski definition) is 4. The number of nitrogens with zero attached hydrogens (tertiary/aromatic N) is 8. The van der Waals surface area contributed by atoms with E-state index in [1.54, 1.807) is 22.2 Å². The third kappa shape index (κ3) is 10.8. The molecule has 2 aromatic heterocycles. The highest BCUT2D eigenvalue weighted by Crippen LogP contribution is 2.36. The first kappa shape index (κ1) is 47.7. The van der Waals surface area contributed by atoms with Crippen LogP contribution in [0, 0.1) is 0 Å². The Morgan fingerprint density at radius 2 is 0.938 bits per heavy atom. The van der Waals surface area contributed by atoms with Crippen LogP contribution in [0.5, 0.6) is 0 Å². The molecular formula is C48H68N10O6. The normalized spacial score (nSPS) is 17.9. The molecule has 2 fully saturated rings. The van der Waals surface area contributed by atoms with E-state index in [2.05, 4.69) is 34.2 Å². The minimum atomic E-state index is -1.11. The van der Waals surface area contributed by atoms with Crippen molar-refractivity contribution < 1.29 is 29.4 Å². The summed E-state index contributed by atoms with van der Waals surface area (Å²) >= 11 is 0. The van der Waals surface area contributed by atoms with E-state index < -0.39 is 35.3 Å². The highest BCUT2D eigenvalue weighted by molar-refractivity contribution is 5.87. The van der Waals surface area contributed by atoms with Crippen LogP contribution in [0.15, 0.2) is 60.9 Å². The fourth-order valence-electron chi connectivity index (χ4n) is 9.26. The van der Waals surface area contributed by atoms with E-state index in [-0.39, 0.29) is 23.9 Å². The van der Waals surface area contributed by atoms with Crippen molar-refractivity contribution in [3.8, 4) is 33.6 Å². The lowest BCUT2D eigenvalue weighted by Crippen LogP contribution is -2.58. The van der Waals surface area contributed by atoms with Crippen LogP contribution < -0.4 is 0 Å². The summed E-state index contributed by atoms with van der Waals surface area (Å²) < 4.78 is 0. The Balaban J connectivity index is 1.13. The number of H-pyrrole nitrogens is 2. The van der Waals surface area contributed by atoms with E-state index in [1.807, 2.05) is 104 Å². The Hall–Kier alpha value is -5.74. The third-order valence-corrected chi connectivity index (χ3v) is 12.4. The van der Waals surface area contributed by atoms with Gasteiger partial charge < -0.3 is 39.8 Å². The number of hydrogen-bond acceptors (Lipinski definition) is 8. The molecule has 0 spiro atoms. The molecule has 2 saturated heterocycles. The molecule has 4 atom stereocenters. The molecule has 64 heavy (non-hydrogen) atoms.